The Hall–Kier alpha value is -2.11. The highest BCUT2D eigenvalue weighted by Crippen LogP contribution is 2.38. The maximum absolute atomic E-state index is 12.6. The van der Waals surface area contributed by atoms with Crippen LogP contribution in [0.1, 0.15) is 48.0 Å². The molecule has 1 amide bonds. The Kier molecular flexibility index (Phi) is 4.13. The van der Waals surface area contributed by atoms with Crippen LogP contribution in [0.15, 0.2) is 12.3 Å². The van der Waals surface area contributed by atoms with Crippen LogP contribution in [0, 0.1) is 11.3 Å². The van der Waals surface area contributed by atoms with Gasteiger partial charge in [-0.1, -0.05) is 13.8 Å². The average molecular weight is 306 g/mol. The molecule has 22 heavy (non-hydrogen) atoms. The van der Waals surface area contributed by atoms with Crippen LogP contribution < -0.4 is 0 Å². The third kappa shape index (κ3) is 2.53. The summed E-state index contributed by atoms with van der Waals surface area (Å²) in [5.74, 6) is -1.23. The Morgan fingerprint density at radius 2 is 1.95 bits per heavy atom. The summed E-state index contributed by atoms with van der Waals surface area (Å²) >= 11 is 0. The van der Waals surface area contributed by atoms with E-state index < -0.39 is 11.4 Å². The van der Waals surface area contributed by atoms with Crippen molar-refractivity contribution >= 4 is 17.7 Å². The number of carbonyl (C=O) groups excluding carboxylic acids is 2. The number of aryl methyl sites for hydroxylation is 1. The number of carboxylic acids is 1. The first-order valence-corrected chi connectivity index (χ1v) is 7.39. The lowest BCUT2D eigenvalue weighted by Gasteiger charge is -2.28. The third-order valence-electron chi connectivity index (χ3n) is 4.75. The second-order valence-corrected chi connectivity index (χ2v) is 6.37. The fourth-order valence-corrected chi connectivity index (χ4v) is 3.03. The summed E-state index contributed by atoms with van der Waals surface area (Å²) in [6.07, 6.45) is 2.08. The summed E-state index contributed by atoms with van der Waals surface area (Å²) in [4.78, 5) is 37.3. The maximum Gasteiger partial charge on any atom is 0.311 e. The highest BCUT2D eigenvalue weighted by atomic mass is 16.4. The lowest BCUT2D eigenvalue weighted by molar-refractivity contribution is -0.150. The van der Waals surface area contributed by atoms with Crippen molar-refractivity contribution in [2.24, 2.45) is 18.4 Å². The number of aliphatic carboxylic acids is 1. The monoisotopic (exact) mass is 306 g/mol. The van der Waals surface area contributed by atoms with Crippen LogP contribution in [-0.2, 0) is 11.8 Å². The van der Waals surface area contributed by atoms with Crippen molar-refractivity contribution in [2.75, 3.05) is 13.1 Å². The Morgan fingerprint density at radius 3 is 2.36 bits per heavy atom. The molecule has 6 heteroatoms. The quantitative estimate of drug-likeness (QED) is 0.860. The molecule has 0 spiro atoms. The molecule has 1 saturated heterocycles. The lowest BCUT2D eigenvalue weighted by atomic mass is 9.76. The van der Waals surface area contributed by atoms with Crippen LogP contribution >= 0.6 is 0 Å². The van der Waals surface area contributed by atoms with E-state index in [9.17, 15) is 19.5 Å². The number of rotatable bonds is 4. The first-order valence-electron chi connectivity index (χ1n) is 7.39. The lowest BCUT2D eigenvalue weighted by Crippen LogP contribution is -2.40. The molecular formula is C16H22N2O4. The van der Waals surface area contributed by atoms with Crippen molar-refractivity contribution in [3.05, 3.63) is 23.5 Å². The molecule has 1 atom stereocenters. The molecule has 2 heterocycles. The molecule has 0 radical (unpaired) electrons. The van der Waals surface area contributed by atoms with Crippen molar-refractivity contribution in [2.45, 2.75) is 27.2 Å². The largest absolute Gasteiger partial charge is 0.481 e. The number of carboxylic acid groups (broad SMARTS) is 1. The molecule has 1 aromatic heterocycles. The molecule has 120 valence electrons. The molecule has 1 aliphatic rings. The molecular weight excluding hydrogens is 284 g/mol. The molecule has 0 aromatic carbocycles. The van der Waals surface area contributed by atoms with Gasteiger partial charge < -0.3 is 14.6 Å². The number of aromatic nitrogens is 1. The molecule has 0 saturated carbocycles. The summed E-state index contributed by atoms with van der Waals surface area (Å²) in [5.41, 5.74) is 0.0121. The van der Waals surface area contributed by atoms with Gasteiger partial charge in [-0.25, -0.2) is 0 Å². The molecule has 2 rings (SSSR count). The molecule has 1 aliphatic heterocycles. The Labute approximate surface area is 129 Å². The van der Waals surface area contributed by atoms with Gasteiger partial charge in [0.15, 0.2) is 5.78 Å². The molecule has 1 unspecified atom stereocenters. The highest BCUT2D eigenvalue weighted by Gasteiger charge is 2.48. The van der Waals surface area contributed by atoms with Gasteiger partial charge in [0.1, 0.15) is 5.69 Å². The second kappa shape index (κ2) is 5.59. The SMILES string of the molecule is CC(=O)c1cc(C(=O)N2CCC(C(=O)O)(C(C)C)C2)n(C)c1. The van der Waals surface area contributed by atoms with E-state index in [0.29, 0.717) is 24.2 Å². The van der Waals surface area contributed by atoms with Gasteiger partial charge in [0.2, 0.25) is 0 Å². The van der Waals surface area contributed by atoms with Crippen molar-refractivity contribution < 1.29 is 19.5 Å². The van der Waals surface area contributed by atoms with E-state index in [2.05, 4.69) is 0 Å². The molecule has 1 fully saturated rings. The van der Waals surface area contributed by atoms with Crippen molar-refractivity contribution in [3.8, 4) is 0 Å². The minimum Gasteiger partial charge on any atom is -0.481 e. The first-order chi connectivity index (χ1) is 10.2. The molecule has 1 N–H and O–H groups in total. The van der Waals surface area contributed by atoms with Crippen LogP contribution in [0.5, 0.6) is 0 Å². The van der Waals surface area contributed by atoms with Gasteiger partial charge in [0.25, 0.3) is 5.91 Å². The number of likely N-dealkylation sites (tertiary alicyclic amines) is 1. The highest BCUT2D eigenvalue weighted by molar-refractivity contribution is 5.99. The number of hydrogen-bond acceptors (Lipinski definition) is 3. The van der Waals surface area contributed by atoms with Crippen molar-refractivity contribution in [3.63, 3.8) is 0 Å². The Morgan fingerprint density at radius 1 is 1.32 bits per heavy atom. The zero-order valence-corrected chi connectivity index (χ0v) is 13.4. The van der Waals surface area contributed by atoms with Crippen molar-refractivity contribution in [1.82, 2.24) is 9.47 Å². The van der Waals surface area contributed by atoms with E-state index in [1.165, 1.54) is 6.92 Å². The number of nitrogens with zero attached hydrogens (tertiary/aromatic N) is 2. The van der Waals surface area contributed by atoms with Crippen LogP contribution in [0.4, 0.5) is 0 Å². The van der Waals surface area contributed by atoms with Crippen LogP contribution in [0.3, 0.4) is 0 Å². The minimum absolute atomic E-state index is 0.0519. The standard InChI is InChI=1S/C16H22N2O4/c1-10(2)16(15(21)22)5-6-18(9-16)14(20)13-7-12(11(3)19)8-17(13)4/h7-8,10H,5-6,9H2,1-4H3,(H,21,22). The second-order valence-electron chi connectivity index (χ2n) is 6.37. The minimum atomic E-state index is -0.885. The third-order valence-corrected chi connectivity index (χ3v) is 4.75. The van der Waals surface area contributed by atoms with Gasteiger partial charge in [-0.15, -0.1) is 0 Å². The van der Waals surface area contributed by atoms with Crippen LogP contribution in [0.2, 0.25) is 0 Å². The topological polar surface area (TPSA) is 79.6 Å². The predicted octanol–water partition coefficient (Wildman–Crippen LogP) is 1.80. The van der Waals surface area contributed by atoms with E-state index in [4.69, 9.17) is 0 Å². The zero-order chi connectivity index (χ0) is 16.7. The summed E-state index contributed by atoms with van der Waals surface area (Å²) in [6, 6.07) is 1.57. The summed E-state index contributed by atoms with van der Waals surface area (Å²) in [7, 11) is 1.71. The van der Waals surface area contributed by atoms with E-state index in [1.54, 1.807) is 28.8 Å². The number of carbonyl (C=O) groups is 3. The summed E-state index contributed by atoms with van der Waals surface area (Å²) in [5, 5.41) is 9.55. The Bertz CT molecular complexity index is 632. The van der Waals surface area contributed by atoms with E-state index in [1.807, 2.05) is 13.8 Å². The fraction of sp³-hybridized carbons (Fsp3) is 0.562. The average Bonchev–Trinajstić information content (AvgIpc) is 3.02. The van der Waals surface area contributed by atoms with Gasteiger partial charge in [-0.05, 0) is 25.3 Å². The van der Waals surface area contributed by atoms with Gasteiger partial charge in [-0.2, -0.15) is 0 Å². The zero-order valence-electron chi connectivity index (χ0n) is 13.4. The normalized spacial score (nSPS) is 21.4. The molecule has 0 aliphatic carbocycles. The summed E-state index contributed by atoms with van der Waals surface area (Å²) < 4.78 is 1.62. The Balaban J connectivity index is 2.25. The molecule has 1 aromatic rings. The van der Waals surface area contributed by atoms with Crippen LogP contribution in [-0.4, -0.2) is 45.3 Å². The van der Waals surface area contributed by atoms with E-state index in [0.717, 1.165) is 0 Å². The molecule has 6 nitrogen and oxygen atoms in total. The van der Waals surface area contributed by atoms with Gasteiger partial charge >= 0.3 is 5.97 Å². The summed E-state index contributed by atoms with van der Waals surface area (Å²) in [6.45, 7) is 5.83. The number of amides is 1. The predicted molar refractivity (Wildman–Crippen MR) is 80.8 cm³/mol. The van der Waals surface area contributed by atoms with Crippen molar-refractivity contribution in [1.29, 1.82) is 0 Å². The number of Topliss-reactive ketones (excluding diaryl/α,β-unsaturated/α-hetero) is 1. The van der Waals surface area contributed by atoms with Crippen LogP contribution in [0.25, 0.3) is 0 Å². The van der Waals surface area contributed by atoms with Gasteiger partial charge in [0, 0.05) is 31.9 Å². The fourth-order valence-electron chi connectivity index (χ4n) is 3.03. The first kappa shape index (κ1) is 16.3. The molecule has 0 bridgehead atoms. The number of ketones is 1. The van der Waals surface area contributed by atoms with Gasteiger partial charge in [0.05, 0.1) is 5.41 Å². The van der Waals surface area contributed by atoms with E-state index in [-0.39, 0.29) is 24.2 Å². The number of hydrogen-bond donors (Lipinski definition) is 1. The maximum atomic E-state index is 12.6. The van der Waals surface area contributed by atoms with Gasteiger partial charge in [-0.3, -0.25) is 14.4 Å². The smallest absolute Gasteiger partial charge is 0.311 e. The van der Waals surface area contributed by atoms with E-state index >= 15 is 0 Å².